The molecule has 0 spiro atoms. The van der Waals surface area contributed by atoms with Crippen LogP contribution in [-0.2, 0) is 32.7 Å². The number of rotatable bonds is 39. The molecule has 0 aromatic carbocycles. The Morgan fingerprint density at radius 3 is 1.34 bits per heavy atom. The summed E-state index contributed by atoms with van der Waals surface area (Å²) in [6, 6.07) is 0. The van der Waals surface area contributed by atoms with Crippen molar-refractivity contribution in [2.24, 2.45) is 0 Å². The highest BCUT2D eigenvalue weighted by Crippen LogP contribution is 2.47. The summed E-state index contributed by atoms with van der Waals surface area (Å²) < 4.78 is 33.5. The van der Waals surface area contributed by atoms with Gasteiger partial charge >= 0.3 is 19.8 Å². The number of aliphatic hydroxyl groups excluding tert-OH is 5. The second-order valence-electron chi connectivity index (χ2n) is 16.6. The first-order chi connectivity index (χ1) is 29.9. The molecule has 13 nitrogen and oxygen atoms in total. The van der Waals surface area contributed by atoms with Gasteiger partial charge in [0.1, 0.15) is 43.2 Å². The molecule has 0 saturated heterocycles. The van der Waals surface area contributed by atoms with Gasteiger partial charge in [-0.05, 0) is 77.0 Å². The van der Waals surface area contributed by atoms with Crippen molar-refractivity contribution in [3.05, 3.63) is 48.6 Å². The Balaban J connectivity index is 2.46. The second kappa shape index (κ2) is 38.1. The molecule has 0 aliphatic heterocycles. The smallest absolute Gasteiger partial charge is 0.462 e. The van der Waals surface area contributed by atoms with E-state index in [2.05, 4.69) is 62.5 Å². The van der Waals surface area contributed by atoms with Crippen LogP contribution in [-0.4, -0.2) is 98.3 Å². The van der Waals surface area contributed by atoms with Crippen LogP contribution in [0.2, 0.25) is 0 Å². The van der Waals surface area contributed by atoms with Crippen LogP contribution in [0.3, 0.4) is 0 Å². The summed E-state index contributed by atoms with van der Waals surface area (Å²) in [7, 11) is -5.13. The summed E-state index contributed by atoms with van der Waals surface area (Å²) in [5, 5.41) is 50.2. The molecule has 0 heterocycles. The highest BCUT2D eigenvalue weighted by Gasteiger charge is 2.51. The lowest BCUT2D eigenvalue weighted by Gasteiger charge is -2.41. The molecule has 6 N–H and O–H groups in total. The maximum atomic E-state index is 12.8. The molecule has 1 aliphatic rings. The van der Waals surface area contributed by atoms with Gasteiger partial charge in [-0.3, -0.25) is 18.6 Å². The number of unbranched alkanes of at least 4 members (excludes halogenated alkanes) is 19. The maximum absolute atomic E-state index is 12.8. The number of phosphoric ester groups is 1. The fourth-order valence-electron chi connectivity index (χ4n) is 6.99. The van der Waals surface area contributed by atoms with Gasteiger partial charge in [0, 0.05) is 12.8 Å². The average Bonchev–Trinajstić information content (AvgIpc) is 3.25. The van der Waals surface area contributed by atoms with Crippen LogP contribution in [0, 0.1) is 0 Å². The zero-order chi connectivity index (χ0) is 45.7. The summed E-state index contributed by atoms with van der Waals surface area (Å²) in [6.45, 7) is 3.24. The molecule has 0 radical (unpaired) electrons. The van der Waals surface area contributed by atoms with Crippen molar-refractivity contribution in [2.75, 3.05) is 13.2 Å². The first kappa shape index (κ1) is 57.8. The van der Waals surface area contributed by atoms with Gasteiger partial charge in [-0.25, -0.2) is 4.57 Å². The Morgan fingerprint density at radius 1 is 0.500 bits per heavy atom. The molecule has 360 valence electrons. The Bertz CT molecular complexity index is 1270. The predicted octanol–water partition coefficient (Wildman–Crippen LogP) is 9.56. The number of phosphoric acid groups is 1. The molecule has 0 bridgehead atoms. The molecule has 1 saturated carbocycles. The lowest BCUT2D eigenvalue weighted by molar-refractivity contribution is -0.220. The van der Waals surface area contributed by atoms with E-state index in [1.807, 2.05) is 0 Å². The summed E-state index contributed by atoms with van der Waals surface area (Å²) in [5.41, 5.74) is 0. The Kier molecular flexibility index (Phi) is 35.5. The molecule has 6 unspecified atom stereocenters. The van der Waals surface area contributed by atoms with Crippen molar-refractivity contribution >= 4 is 19.8 Å². The van der Waals surface area contributed by atoms with Crippen LogP contribution in [0.15, 0.2) is 48.6 Å². The van der Waals surface area contributed by atoms with E-state index < -0.39 is 75.7 Å². The SMILES string of the molecule is CCCCC/C=C\C/C=C\CCCCCCCCCC(=O)OC(COC(=O)CCCCCCC/C=C\C/C=C\CCCCCC)COP(=O)(O)OC1C(O)C(O)C(O)C(O)C1O. The van der Waals surface area contributed by atoms with E-state index in [4.69, 9.17) is 18.5 Å². The number of ether oxygens (including phenoxy) is 2. The number of carbonyl (C=O) groups is 2. The number of carbonyl (C=O) groups excluding carboxylic acids is 2. The number of aliphatic hydroxyl groups is 5. The van der Waals surface area contributed by atoms with Gasteiger partial charge in [0.2, 0.25) is 0 Å². The highest BCUT2D eigenvalue weighted by molar-refractivity contribution is 7.47. The Morgan fingerprint density at radius 2 is 0.871 bits per heavy atom. The molecule has 0 aromatic rings. The standard InChI is InChI=1S/C48H85O13P/c1-3-5-7-9-11-13-15-17-19-21-23-25-27-29-31-33-35-37-42(50)60-40(39-59-62(56,57)61-48-46(54)44(52)43(51)45(53)47(48)55)38-58-41(49)36-34-32-30-28-26-24-22-20-18-16-14-12-10-8-6-4-2/h11,13-14,16-17,19-20,22,40,43-48,51-55H,3-10,12,15,18,21,23-39H2,1-2H3,(H,56,57)/b13-11-,16-14-,19-17-,22-20-. The monoisotopic (exact) mass is 901 g/mol. The summed E-state index contributed by atoms with van der Waals surface area (Å²) >= 11 is 0. The highest BCUT2D eigenvalue weighted by atomic mass is 31.2. The van der Waals surface area contributed by atoms with Gasteiger partial charge in [0.05, 0.1) is 6.61 Å². The third-order valence-corrected chi connectivity index (χ3v) is 11.9. The van der Waals surface area contributed by atoms with Crippen molar-refractivity contribution in [1.82, 2.24) is 0 Å². The molecule has 0 amide bonds. The molecule has 6 atom stereocenters. The van der Waals surface area contributed by atoms with E-state index in [1.165, 1.54) is 44.9 Å². The minimum Gasteiger partial charge on any atom is -0.462 e. The number of hydrogen-bond acceptors (Lipinski definition) is 12. The maximum Gasteiger partial charge on any atom is 0.472 e. The van der Waals surface area contributed by atoms with Crippen LogP contribution in [0.4, 0.5) is 0 Å². The van der Waals surface area contributed by atoms with Crippen LogP contribution in [0.25, 0.3) is 0 Å². The van der Waals surface area contributed by atoms with Crippen LogP contribution < -0.4 is 0 Å². The summed E-state index contributed by atoms with van der Waals surface area (Å²) in [5.74, 6) is -1.12. The molecule has 0 aromatic heterocycles. The quantitative estimate of drug-likeness (QED) is 0.0147. The molecule has 62 heavy (non-hydrogen) atoms. The third-order valence-electron chi connectivity index (χ3n) is 10.9. The van der Waals surface area contributed by atoms with E-state index >= 15 is 0 Å². The van der Waals surface area contributed by atoms with E-state index in [0.29, 0.717) is 12.8 Å². The third kappa shape index (κ3) is 30.0. The van der Waals surface area contributed by atoms with Crippen molar-refractivity contribution < 1.29 is 63.1 Å². The van der Waals surface area contributed by atoms with Crippen molar-refractivity contribution in [3.8, 4) is 0 Å². The Hall–Kier alpha value is -2.19. The minimum absolute atomic E-state index is 0.0835. The topological polar surface area (TPSA) is 210 Å². The average molecular weight is 901 g/mol. The van der Waals surface area contributed by atoms with Gasteiger partial charge < -0.3 is 39.9 Å². The molecule has 14 heteroatoms. The van der Waals surface area contributed by atoms with Crippen LogP contribution >= 0.6 is 7.82 Å². The van der Waals surface area contributed by atoms with Crippen molar-refractivity contribution in [2.45, 2.75) is 230 Å². The summed E-state index contributed by atoms with van der Waals surface area (Å²) in [6.07, 6.45) is 31.5. The number of esters is 2. The normalized spacial score (nSPS) is 22.3. The van der Waals surface area contributed by atoms with Crippen LogP contribution in [0.5, 0.6) is 0 Å². The Labute approximate surface area is 373 Å². The van der Waals surface area contributed by atoms with E-state index in [1.54, 1.807) is 0 Å². The van der Waals surface area contributed by atoms with E-state index in [-0.39, 0.29) is 12.8 Å². The van der Waals surface area contributed by atoms with E-state index in [0.717, 1.165) is 103 Å². The minimum atomic E-state index is -5.13. The first-order valence-electron chi connectivity index (χ1n) is 23.9. The number of allylic oxidation sites excluding steroid dienone is 8. The second-order valence-corrected chi connectivity index (χ2v) is 18.0. The number of hydrogen-bond donors (Lipinski definition) is 6. The van der Waals surface area contributed by atoms with Gasteiger partial charge in [0.25, 0.3) is 0 Å². The van der Waals surface area contributed by atoms with Crippen LogP contribution in [0.1, 0.15) is 187 Å². The predicted molar refractivity (Wildman–Crippen MR) is 244 cm³/mol. The lowest BCUT2D eigenvalue weighted by Crippen LogP contribution is -2.64. The largest absolute Gasteiger partial charge is 0.472 e. The lowest BCUT2D eigenvalue weighted by atomic mass is 9.85. The van der Waals surface area contributed by atoms with E-state index in [9.17, 15) is 44.6 Å². The molecular formula is C48H85O13P. The fraction of sp³-hybridized carbons (Fsp3) is 0.792. The zero-order valence-corrected chi connectivity index (χ0v) is 39.0. The zero-order valence-electron chi connectivity index (χ0n) is 38.2. The van der Waals surface area contributed by atoms with Crippen molar-refractivity contribution in [1.29, 1.82) is 0 Å². The van der Waals surface area contributed by atoms with Crippen molar-refractivity contribution in [3.63, 3.8) is 0 Å². The van der Waals surface area contributed by atoms with Gasteiger partial charge in [0.15, 0.2) is 6.10 Å². The molecule has 1 aliphatic carbocycles. The van der Waals surface area contributed by atoms with Gasteiger partial charge in [-0.15, -0.1) is 0 Å². The fourth-order valence-corrected chi connectivity index (χ4v) is 7.97. The van der Waals surface area contributed by atoms with Gasteiger partial charge in [-0.1, -0.05) is 146 Å². The molecule has 1 fully saturated rings. The molecular weight excluding hydrogens is 815 g/mol. The van der Waals surface area contributed by atoms with Gasteiger partial charge in [-0.2, -0.15) is 0 Å². The first-order valence-corrected chi connectivity index (χ1v) is 25.4. The molecule has 1 rings (SSSR count). The summed E-state index contributed by atoms with van der Waals surface area (Å²) in [4.78, 5) is 35.7.